The van der Waals surface area contributed by atoms with Gasteiger partial charge in [0.05, 0.1) is 0 Å². The lowest BCUT2D eigenvalue weighted by atomic mass is 9.89. The average Bonchev–Trinajstić information content (AvgIpc) is 2.37. The van der Waals surface area contributed by atoms with E-state index in [1.54, 1.807) is 0 Å². The van der Waals surface area contributed by atoms with E-state index < -0.39 is 0 Å². The molecule has 1 fully saturated rings. The number of rotatable bonds is 4. The minimum atomic E-state index is 0.568. The van der Waals surface area contributed by atoms with E-state index in [4.69, 9.17) is 10.5 Å². The van der Waals surface area contributed by atoms with Crippen molar-refractivity contribution in [1.82, 2.24) is 4.90 Å². The first kappa shape index (κ1) is 12.4. The molecule has 1 saturated heterocycles. The van der Waals surface area contributed by atoms with Crippen LogP contribution in [0.1, 0.15) is 24.3 Å². The molecule has 17 heavy (non-hydrogen) atoms. The highest BCUT2D eigenvalue weighted by molar-refractivity contribution is 5.31. The van der Waals surface area contributed by atoms with Crippen LogP contribution in [0, 0.1) is 0 Å². The molecule has 1 heterocycles. The number of nitrogens with zero attached hydrogens (tertiary/aromatic N) is 1. The molecule has 94 valence electrons. The second-order valence-corrected chi connectivity index (χ2v) is 4.79. The quantitative estimate of drug-likeness (QED) is 0.864. The van der Waals surface area contributed by atoms with Crippen LogP contribution in [0.5, 0.6) is 5.75 Å². The van der Waals surface area contributed by atoms with Gasteiger partial charge in [-0.25, -0.2) is 0 Å². The van der Waals surface area contributed by atoms with Crippen molar-refractivity contribution in [2.75, 3.05) is 33.3 Å². The van der Waals surface area contributed by atoms with Crippen molar-refractivity contribution in [1.29, 1.82) is 0 Å². The third kappa shape index (κ3) is 3.45. The molecule has 1 aromatic rings. The van der Waals surface area contributed by atoms with Crippen molar-refractivity contribution in [3.8, 4) is 5.75 Å². The fourth-order valence-electron chi connectivity index (χ4n) is 2.38. The molecule has 3 nitrogen and oxygen atoms in total. The van der Waals surface area contributed by atoms with Crippen molar-refractivity contribution >= 4 is 0 Å². The summed E-state index contributed by atoms with van der Waals surface area (Å²) in [6.45, 7) is 3.55. The lowest BCUT2D eigenvalue weighted by molar-refractivity contribution is 0.255. The molecule has 0 radical (unpaired) electrons. The van der Waals surface area contributed by atoms with Gasteiger partial charge in [0.25, 0.3) is 0 Å². The van der Waals surface area contributed by atoms with E-state index in [9.17, 15) is 0 Å². The van der Waals surface area contributed by atoms with Gasteiger partial charge >= 0.3 is 0 Å². The Labute approximate surface area is 104 Å². The van der Waals surface area contributed by atoms with Crippen molar-refractivity contribution < 1.29 is 4.74 Å². The first-order valence-electron chi connectivity index (χ1n) is 6.41. The second kappa shape index (κ2) is 6.03. The fourth-order valence-corrected chi connectivity index (χ4v) is 2.38. The number of ether oxygens (including phenoxy) is 1. The van der Waals surface area contributed by atoms with Crippen LogP contribution in [0.4, 0.5) is 0 Å². The molecule has 3 heteroatoms. The third-order valence-corrected chi connectivity index (χ3v) is 3.43. The van der Waals surface area contributed by atoms with Crippen LogP contribution in [-0.2, 0) is 0 Å². The molecule has 1 aromatic carbocycles. The number of piperidine rings is 1. The first-order chi connectivity index (χ1) is 8.29. The van der Waals surface area contributed by atoms with Crippen LogP contribution >= 0.6 is 0 Å². The molecule has 2 N–H and O–H groups in total. The molecule has 0 amide bonds. The molecule has 2 rings (SSSR count). The van der Waals surface area contributed by atoms with E-state index in [1.807, 2.05) is 6.07 Å². The Kier molecular flexibility index (Phi) is 4.40. The van der Waals surface area contributed by atoms with Crippen LogP contribution in [0.25, 0.3) is 0 Å². The minimum absolute atomic E-state index is 0.568. The van der Waals surface area contributed by atoms with Gasteiger partial charge in [-0.1, -0.05) is 12.1 Å². The van der Waals surface area contributed by atoms with E-state index in [1.165, 1.54) is 31.5 Å². The Hall–Kier alpha value is -1.06. The highest BCUT2D eigenvalue weighted by atomic mass is 16.5. The second-order valence-electron chi connectivity index (χ2n) is 4.79. The van der Waals surface area contributed by atoms with Crippen molar-refractivity contribution in [2.24, 2.45) is 5.73 Å². The molecule has 0 unspecified atom stereocenters. The monoisotopic (exact) mass is 234 g/mol. The topological polar surface area (TPSA) is 38.5 Å². The van der Waals surface area contributed by atoms with Gasteiger partial charge < -0.3 is 15.4 Å². The van der Waals surface area contributed by atoms with E-state index in [2.05, 4.69) is 30.1 Å². The van der Waals surface area contributed by atoms with Crippen LogP contribution in [-0.4, -0.2) is 38.2 Å². The Morgan fingerprint density at radius 2 is 2.12 bits per heavy atom. The normalized spacial score (nSPS) is 18.2. The van der Waals surface area contributed by atoms with E-state index in [0.717, 1.165) is 5.75 Å². The fraction of sp³-hybridized carbons (Fsp3) is 0.571. The van der Waals surface area contributed by atoms with Crippen LogP contribution in [0.15, 0.2) is 24.3 Å². The zero-order valence-corrected chi connectivity index (χ0v) is 10.6. The zero-order chi connectivity index (χ0) is 12.1. The van der Waals surface area contributed by atoms with Crippen molar-refractivity contribution in [3.05, 3.63) is 29.8 Å². The van der Waals surface area contributed by atoms with Crippen molar-refractivity contribution in [2.45, 2.75) is 18.8 Å². The third-order valence-electron chi connectivity index (χ3n) is 3.43. The molecule has 0 bridgehead atoms. The average molecular weight is 234 g/mol. The predicted octanol–water partition coefficient (Wildman–Crippen LogP) is 1.83. The molecular weight excluding hydrogens is 212 g/mol. The van der Waals surface area contributed by atoms with Gasteiger partial charge in [-0.15, -0.1) is 0 Å². The van der Waals surface area contributed by atoms with Crippen LogP contribution in [0.2, 0.25) is 0 Å². The maximum atomic E-state index is 5.57. The Bertz CT molecular complexity index is 346. The summed E-state index contributed by atoms with van der Waals surface area (Å²) in [5, 5.41) is 0. The highest BCUT2D eigenvalue weighted by Crippen LogP contribution is 2.29. The van der Waals surface area contributed by atoms with Gasteiger partial charge in [0.15, 0.2) is 0 Å². The van der Waals surface area contributed by atoms with Gasteiger partial charge in [0.1, 0.15) is 12.4 Å². The molecule has 1 aliphatic rings. The van der Waals surface area contributed by atoms with Crippen LogP contribution < -0.4 is 10.5 Å². The first-order valence-corrected chi connectivity index (χ1v) is 6.41. The standard InChI is InChI=1S/C14H22N2O/c1-16-8-5-12(6-9-16)13-3-2-4-14(11-13)17-10-7-15/h2-4,11-12H,5-10,15H2,1H3. The summed E-state index contributed by atoms with van der Waals surface area (Å²) in [7, 11) is 2.19. The summed E-state index contributed by atoms with van der Waals surface area (Å²) in [6.07, 6.45) is 2.49. The molecule has 0 atom stereocenters. The van der Waals surface area contributed by atoms with E-state index in [0.29, 0.717) is 19.1 Å². The lowest BCUT2D eigenvalue weighted by Gasteiger charge is -2.29. The SMILES string of the molecule is CN1CCC(c2cccc(OCCN)c2)CC1. The summed E-state index contributed by atoms with van der Waals surface area (Å²) < 4.78 is 5.57. The van der Waals surface area contributed by atoms with Gasteiger partial charge in [-0.2, -0.15) is 0 Å². The predicted molar refractivity (Wildman–Crippen MR) is 70.5 cm³/mol. The maximum absolute atomic E-state index is 5.57. The Balaban J connectivity index is 2.00. The molecule has 0 saturated carbocycles. The number of hydrogen-bond acceptors (Lipinski definition) is 3. The van der Waals surface area contributed by atoms with Crippen LogP contribution in [0.3, 0.4) is 0 Å². The summed E-state index contributed by atoms with van der Waals surface area (Å²) >= 11 is 0. The maximum Gasteiger partial charge on any atom is 0.119 e. The van der Waals surface area contributed by atoms with E-state index >= 15 is 0 Å². The van der Waals surface area contributed by atoms with Gasteiger partial charge in [0.2, 0.25) is 0 Å². The van der Waals surface area contributed by atoms with Crippen molar-refractivity contribution in [3.63, 3.8) is 0 Å². The molecule has 0 aromatic heterocycles. The van der Waals surface area contributed by atoms with E-state index in [-0.39, 0.29) is 0 Å². The lowest BCUT2D eigenvalue weighted by Crippen LogP contribution is -2.29. The molecule has 0 spiro atoms. The Morgan fingerprint density at radius 1 is 1.35 bits per heavy atom. The number of nitrogens with two attached hydrogens (primary N) is 1. The zero-order valence-electron chi connectivity index (χ0n) is 10.6. The molecule has 1 aliphatic heterocycles. The molecule has 0 aliphatic carbocycles. The number of hydrogen-bond donors (Lipinski definition) is 1. The Morgan fingerprint density at radius 3 is 2.82 bits per heavy atom. The molecular formula is C14H22N2O. The summed E-state index contributed by atoms with van der Waals surface area (Å²) in [5.74, 6) is 1.64. The van der Waals surface area contributed by atoms with Gasteiger partial charge in [0, 0.05) is 6.54 Å². The van der Waals surface area contributed by atoms with Gasteiger partial charge in [-0.3, -0.25) is 0 Å². The largest absolute Gasteiger partial charge is 0.492 e. The highest BCUT2D eigenvalue weighted by Gasteiger charge is 2.18. The van der Waals surface area contributed by atoms with Gasteiger partial charge in [-0.05, 0) is 56.6 Å². The smallest absolute Gasteiger partial charge is 0.119 e. The summed E-state index contributed by atoms with van der Waals surface area (Å²) in [6, 6.07) is 8.48. The minimum Gasteiger partial charge on any atom is -0.492 e. The summed E-state index contributed by atoms with van der Waals surface area (Å²) in [5.41, 5.74) is 6.85. The number of benzene rings is 1. The summed E-state index contributed by atoms with van der Waals surface area (Å²) in [4.78, 5) is 2.39. The number of likely N-dealkylation sites (tertiary alicyclic amines) is 1.